The summed E-state index contributed by atoms with van der Waals surface area (Å²) in [7, 11) is 0. The minimum atomic E-state index is -0.974. The zero-order valence-electron chi connectivity index (χ0n) is 10.5. The number of rotatable bonds is 5. The van der Waals surface area contributed by atoms with E-state index in [1.54, 1.807) is 6.92 Å². The minimum Gasteiger partial charge on any atom is -0.480 e. The molecule has 1 aliphatic rings. The summed E-state index contributed by atoms with van der Waals surface area (Å²) < 4.78 is 9.98. The number of carbonyl (C=O) groups is 2. The maximum absolute atomic E-state index is 11.8. The molecule has 1 saturated heterocycles. The van der Waals surface area contributed by atoms with Crippen molar-refractivity contribution in [2.45, 2.75) is 32.4 Å². The highest BCUT2D eigenvalue weighted by Crippen LogP contribution is 2.17. The summed E-state index contributed by atoms with van der Waals surface area (Å²) in [6.07, 6.45) is 1.19. The van der Waals surface area contributed by atoms with Crippen LogP contribution in [0.3, 0.4) is 0 Å². The van der Waals surface area contributed by atoms with Crippen molar-refractivity contribution in [3.8, 4) is 0 Å². The van der Waals surface area contributed by atoms with E-state index < -0.39 is 12.0 Å². The molecule has 1 aromatic rings. The molecule has 1 amide bonds. The van der Waals surface area contributed by atoms with Crippen molar-refractivity contribution in [1.29, 1.82) is 0 Å². The lowest BCUT2D eigenvalue weighted by atomic mass is 10.2. The number of aromatic nitrogens is 2. The van der Waals surface area contributed by atoms with Gasteiger partial charge in [0.15, 0.2) is 5.82 Å². The highest BCUT2D eigenvalue weighted by atomic mass is 16.5. The van der Waals surface area contributed by atoms with Gasteiger partial charge in [-0.25, -0.2) is 4.79 Å². The van der Waals surface area contributed by atoms with Crippen molar-refractivity contribution in [2.75, 3.05) is 13.2 Å². The Morgan fingerprint density at radius 1 is 1.58 bits per heavy atom. The van der Waals surface area contributed by atoms with Gasteiger partial charge in [-0.1, -0.05) is 5.16 Å². The van der Waals surface area contributed by atoms with Gasteiger partial charge < -0.3 is 19.3 Å². The molecular weight excluding hydrogens is 254 g/mol. The molecule has 19 heavy (non-hydrogen) atoms. The van der Waals surface area contributed by atoms with Crippen LogP contribution < -0.4 is 0 Å². The predicted molar refractivity (Wildman–Crippen MR) is 61.1 cm³/mol. The number of likely N-dealkylation sites (tertiary alicyclic amines) is 1. The minimum absolute atomic E-state index is 0.0398. The van der Waals surface area contributed by atoms with E-state index in [-0.39, 0.29) is 19.1 Å². The third-order valence-corrected chi connectivity index (χ3v) is 2.88. The molecule has 0 unspecified atom stereocenters. The van der Waals surface area contributed by atoms with Crippen LogP contribution in [0.4, 0.5) is 0 Å². The lowest BCUT2D eigenvalue weighted by Crippen LogP contribution is -2.42. The molecule has 2 heterocycles. The summed E-state index contributed by atoms with van der Waals surface area (Å²) in [5.41, 5.74) is 0. The SMILES string of the molecule is Cc1noc(COCC(=O)N2CCC[C@@H]2C(=O)O)n1. The highest BCUT2D eigenvalue weighted by molar-refractivity contribution is 5.84. The number of hydrogen-bond acceptors (Lipinski definition) is 6. The number of ether oxygens (including phenoxy) is 1. The second kappa shape index (κ2) is 5.79. The Morgan fingerprint density at radius 2 is 2.37 bits per heavy atom. The fraction of sp³-hybridized carbons (Fsp3) is 0.636. The lowest BCUT2D eigenvalue weighted by Gasteiger charge is -2.20. The largest absolute Gasteiger partial charge is 0.480 e. The van der Waals surface area contributed by atoms with Crippen molar-refractivity contribution in [3.63, 3.8) is 0 Å². The molecule has 0 radical (unpaired) electrons. The summed E-state index contributed by atoms with van der Waals surface area (Å²) in [5.74, 6) is -0.517. The molecule has 2 rings (SSSR count). The van der Waals surface area contributed by atoms with Crippen LogP contribution in [0.25, 0.3) is 0 Å². The average molecular weight is 269 g/mol. The summed E-state index contributed by atoms with van der Waals surface area (Å²) in [6, 6.07) is -0.734. The number of amides is 1. The predicted octanol–water partition coefficient (Wildman–Crippen LogP) is -0.0298. The lowest BCUT2D eigenvalue weighted by molar-refractivity contribution is -0.150. The Labute approximate surface area is 109 Å². The second-order valence-electron chi connectivity index (χ2n) is 4.31. The van der Waals surface area contributed by atoms with Gasteiger partial charge in [0.1, 0.15) is 19.3 Å². The van der Waals surface area contributed by atoms with Gasteiger partial charge >= 0.3 is 5.97 Å². The number of carbonyl (C=O) groups excluding carboxylic acids is 1. The van der Waals surface area contributed by atoms with Crippen molar-refractivity contribution >= 4 is 11.9 Å². The average Bonchev–Trinajstić information content (AvgIpc) is 2.97. The van der Waals surface area contributed by atoms with Crippen LogP contribution in [-0.2, 0) is 20.9 Å². The maximum Gasteiger partial charge on any atom is 0.326 e. The van der Waals surface area contributed by atoms with Crippen LogP contribution in [-0.4, -0.2) is 51.2 Å². The number of carboxylic acids is 1. The zero-order valence-corrected chi connectivity index (χ0v) is 10.5. The fourth-order valence-corrected chi connectivity index (χ4v) is 2.03. The normalized spacial score (nSPS) is 18.8. The van der Waals surface area contributed by atoms with Crippen molar-refractivity contribution in [2.24, 2.45) is 0 Å². The van der Waals surface area contributed by atoms with Crippen LogP contribution in [0.1, 0.15) is 24.6 Å². The molecule has 1 N–H and O–H groups in total. The standard InChI is InChI=1S/C11H15N3O5/c1-7-12-9(19-13-7)5-18-6-10(15)14-4-2-3-8(14)11(16)17/h8H,2-6H2,1H3,(H,16,17)/t8-/m1/s1. The van der Waals surface area contributed by atoms with Crippen LogP contribution in [0.5, 0.6) is 0 Å². The van der Waals surface area contributed by atoms with E-state index in [9.17, 15) is 9.59 Å². The van der Waals surface area contributed by atoms with Crippen LogP contribution in [0.2, 0.25) is 0 Å². The molecule has 0 bridgehead atoms. The molecule has 8 nitrogen and oxygen atoms in total. The summed E-state index contributed by atoms with van der Waals surface area (Å²) in [5, 5.41) is 12.6. The summed E-state index contributed by atoms with van der Waals surface area (Å²) >= 11 is 0. The van der Waals surface area contributed by atoms with E-state index in [2.05, 4.69) is 10.1 Å². The molecule has 104 valence electrons. The van der Waals surface area contributed by atoms with Crippen molar-refractivity contribution in [1.82, 2.24) is 15.0 Å². The van der Waals surface area contributed by atoms with Gasteiger partial charge in [-0.2, -0.15) is 4.98 Å². The Hall–Kier alpha value is -1.96. The van der Waals surface area contributed by atoms with Crippen molar-refractivity contribution < 1.29 is 24.0 Å². The molecule has 1 atom stereocenters. The van der Waals surface area contributed by atoms with E-state index in [1.165, 1.54) is 4.90 Å². The summed E-state index contributed by atoms with van der Waals surface area (Å²) in [4.78, 5) is 28.0. The third-order valence-electron chi connectivity index (χ3n) is 2.88. The quantitative estimate of drug-likeness (QED) is 0.800. The molecule has 0 spiro atoms. The topological polar surface area (TPSA) is 106 Å². The first-order chi connectivity index (χ1) is 9.08. The smallest absolute Gasteiger partial charge is 0.326 e. The van der Waals surface area contributed by atoms with Gasteiger partial charge in [0.25, 0.3) is 5.89 Å². The first-order valence-corrected chi connectivity index (χ1v) is 5.97. The Bertz CT molecular complexity index is 473. The second-order valence-corrected chi connectivity index (χ2v) is 4.31. The van der Waals surface area contributed by atoms with Gasteiger partial charge in [0.05, 0.1) is 0 Å². The number of nitrogens with zero attached hydrogens (tertiary/aromatic N) is 3. The third kappa shape index (κ3) is 3.28. The van der Waals surface area contributed by atoms with Gasteiger partial charge in [0.2, 0.25) is 5.91 Å². The van der Waals surface area contributed by atoms with E-state index in [0.29, 0.717) is 31.1 Å². The first kappa shape index (κ1) is 13.5. The Kier molecular flexibility index (Phi) is 4.10. The van der Waals surface area contributed by atoms with E-state index in [0.717, 1.165) is 0 Å². The number of aryl methyl sites for hydroxylation is 1. The van der Waals surface area contributed by atoms with Crippen LogP contribution >= 0.6 is 0 Å². The molecule has 0 saturated carbocycles. The molecule has 0 aliphatic carbocycles. The first-order valence-electron chi connectivity index (χ1n) is 5.97. The van der Waals surface area contributed by atoms with Crippen LogP contribution in [0.15, 0.2) is 4.52 Å². The molecule has 1 aromatic heterocycles. The monoisotopic (exact) mass is 269 g/mol. The molecule has 1 aliphatic heterocycles. The number of carboxylic acid groups (broad SMARTS) is 1. The zero-order chi connectivity index (χ0) is 13.8. The van der Waals surface area contributed by atoms with E-state index in [1.807, 2.05) is 0 Å². The van der Waals surface area contributed by atoms with E-state index >= 15 is 0 Å². The molecular formula is C11H15N3O5. The van der Waals surface area contributed by atoms with Crippen molar-refractivity contribution in [3.05, 3.63) is 11.7 Å². The molecule has 1 fully saturated rings. The number of aliphatic carboxylic acids is 1. The maximum atomic E-state index is 11.8. The fourth-order valence-electron chi connectivity index (χ4n) is 2.03. The van der Waals surface area contributed by atoms with Gasteiger partial charge in [-0.05, 0) is 19.8 Å². The Morgan fingerprint density at radius 3 is 3.00 bits per heavy atom. The van der Waals surface area contributed by atoms with Gasteiger partial charge in [0, 0.05) is 6.54 Å². The number of hydrogen-bond donors (Lipinski definition) is 1. The van der Waals surface area contributed by atoms with Gasteiger partial charge in [-0.3, -0.25) is 4.79 Å². The van der Waals surface area contributed by atoms with Gasteiger partial charge in [-0.15, -0.1) is 0 Å². The van der Waals surface area contributed by atoms with E-state index in [4.69, 9.17) is 14.4 Å². The summed E-state index contributed by atoms with van der Waals surface area (Å²) in [6.45, 7) is 1.99. The molecule has 8 heteroatoms. The molecule has 0 aromatic carbocycles. The Balaban J connectivity index is 1.79. The highest BCUT2D eigenvalue weighted by Gasteiger charge is 2.33. The van der Waals surface area contributed by atoms with Crippen LogP contribution in [0, 0.1) is 6.92 Å².